The van der Waals surface area contributed by atoms with Gasteiger partial charge in [0.2, 0.25) is 0 Å². The summed E-state index contributed by atoms with van der Waals surface area (Å²) in [5.41, 5.74) is -0.00670. The number of carbonyl (C=O) groups excluding carboxylic acids is 1. The van der Waals surface area contributed by atoms with Crippen LogP contribution in [0.2, 0.25) is 0 Å². The molecule has 2 heterocycles. The molecule has 1 aromatic rings. The predicted molar refractivity (Wildman–Crippen MR) is 93.1 cm³/mol. The van der Waals surface area contributed by atoms with Crippen molar-refractivity contribution in [1.82, 2.24) is 4.98 Å². The Bertz CT molecular complexity index is 579. The second kappa shape index (κ2) is 6.71. The Kier molecular flexibility index (Phi) is 4.81. The first-order chi connectivity index (χ1) is 11.3. The molecule has 1 aliphatic heterocycles. The number of piperidine rings is 1. The summed E-state index contributed by atoms with van der Waals surface area (Å²) in [6, 6.07) is 3.71. The first-order valence-corrected chi connectivity index (χ1v) is 8.94. The van der Waals surface area contributed by atoms with Gasteiger partial charge in [0.25, 0.3) is 0 Å². The monoisotopic (exact) mass is 332 g/mol. The van der Waals surface area contributed by atoms with E-state index in [1.54, 1.807) is 12.3 Å². The summed E-state index contributed by atoms with van der Waals surface area (Å²) in [6.07, 6.45) is 5.57. The zero-order chi connectivity index (χ0) is 17.3. The third-order valence-electron chi connectivity index (χ3n) is 5.04. The number of aliphatic hydroxyl groups excluding tert-OH is 1. The van der Waals surface area contributed by atoms with E-state index >= 15 is 0 Å². The molecule has 1 saturated heterocycles. The highest BCUT2D eigenvalue weighted by Gasteiger charge is 2.34. The van der Waals surface area contributed by atoms with Crippen LogP contribution in [-0.2, 0) is 4.74 Å². The van der Waals surface area contributed by atoms with Gasteiger partial charge in [0, 0.05) is 19.3 Å². The Hall–Kier alpha value is -1.62. The van der Waals surface area contributed by atoms with E-state index in [2.05, 4.69) is 9.88 Å². The van der Waals surface area contributed by atoms with Gasteiger partial charge in [0.1, 0.15) is 11.4 Å². The average Bonchev–Trinajstić information content (AvgIpc) is 2.53. The number of rotatable bonds is 2. The van der Waals surface area contributed by atoms with Crippen molar-refractivity contribution in [3.05, 3.63) is 23.9 Å². The molecule has 1 N–H and O–H groups in total. The Morgan fingerprint density at radius 1 is 1.25 bits per heavy atom. The number of anilines is 1. The Morgan fingerprint density at radius 3 is 2.71 bits per heavy atom. The van der Waals surface area contributed by atoms with Crippen LogP contribution in [0, 0.1) is 11.8 Å². The maximum Gasteiger partial charge on any atom is 0.340 e. The SMILES string of the molecule is CC(C)(C)OC(=O)c1ccc(N2CCC3CC(O)CCC3C2)nc1. The fourth-order valence-electron chi connectivity index (χ4n) is 3.83. The number of hydrogen-bond acceptors (Lipinski definition) is 5. The van der Waals surface area contributed by atoms with Crippen LogP contribution < -0.4 is 4.90 Å². The van der Waals surface area contributed by atoms with Gasteiger partial charge in [-0.3, -0.25) is 0 Å². The Balaban J connectivity index is 1.63. The highest BCUT2D eigenvalue weighted by atomic mass is 16.6. The van der Waals surface area contributed by atoms with E-state index < -0.39 is 5.60 Å². The van der Waals surface area contributed by atoms with Crippen LogP contribution >= 0.6 is 0 Å². The third-order valence-corrected chi connectivity index (χ3v) is 5.04. The van der Waals surface area contributed by atoms with Crippen LogP contribution in [0.3, 0.4) is 0 Å². The fraction of sp³-hybridized carbons (Fsp3) is 0.684. The molecule has 5 nitrogen and oxygen atoms in total. The number of ether oxygens (including phenoxy) is 1. The number of nitrogens with zero attached hydrogens (tertiary/aromatic N) is 2. The van der Waals surface area contributed by atoms with E-state index in [1.165, 1.54) is 0 Å². The van der Waals surface area contributed by atoms with E-state index in [9.17, 15) is 9.90 Å². The van der Waals surface area contributed by atoms with E-state index in [1.807, 2.05) is 26.8 Å². The van der Waals surface area contributed by atoms with E-state index in [0.29, 0.717) is 17.4 Å². The van der Waals surface area contributed by atoms with Crippen LogP contribution in [0.1, 0.15) is 56.8 Å². The average molecular weight is 332 g/mol. The summed E-state index contributed by atoms with van der Waals surface area (Å²) < 4.78 is 5.37. The number of aromatic nitrogens is 1. The molecule has 1 aromatic heterocycles. The second-order valence-corrected chi connectivity index (χ2v) is 8.13. The smallest absolute Gasteiger partial charge is 0.340 e. The molecule has 132 valence electrons. The minimum Gasteiger partial charge on any atom is -0.456 e. The van der Waals surface area contributed by atoms with E-state index in [4.69, 9.17) is 4.74 Å². The molecule has 0 amide bonds. The van der Waals surface area contributed by atoms with E-state index in [-0.39, 0.29) is 12.1 Å². The van der Waals surface area contributed by atoms with Crippen molar-refractivity contribution in [2.45, 2.75) is 58.2 Å². The van der Waals surface area contributed by atoms with Crippen molar-refractivity contribution in [3.63, 3.8) is 0 Å². The van der Waals surface area contributed by atoms with Crippen molar-refractivity contribution >= 4 is 11.8 Å². The zero-order valence-electron chi connectivity index (χ0n) is 14.9. The van der Waals surface area contributed by atoms with Crippen molar-refractivity contribution in [1.29, 1.82) is 0 Å². The molecular weight excluding hydrogens is 304 g/mol. The molecule has 1 aliphatic carbocycles. The summed E-state index contributed by atoms with van der Waals surface area (Å²) in [5, 5.41) is 9.82. The lowest BCUT2D eigenvalue weighted by Crippen LogP contribution is -2.44. The van der Waals surface area contributed by atoms with Gasteiger partial charge in [-0.15, -0.1) is 0 Å². The Morgan fingerprint density at radius 2 is 2.04 bits per heavy atom. The summed E-state index contributed by atoms with van der Waals surface area (Å²) >= 11 is 0. The lowest BCUT2D eigenvalue weighted by molar-refractivity contribution is 0.00691. The van der Waals surface area contributed by atoms with Gasteiger partial charge in [-0.05, 0) is 70.4 Å². The molecule has 1 saturated carbocycles. The highest BCUT2D eigenvalue weighted by Crippen LogP contribution is 2.37. The molecule has 0 radical (unpaired) electrons. The van der Waals surface area contributed by atoms with Gasteiger partial charge in [-0.2, -0.15) is 0 Å². The fourth-order valence-corrected chi connectivity index (χ4v) is 3.83. The van der Waals surface area contributed by atoms with Crippen molar-refractivity contribution < 1.29 is 14.6 Å². The summed E-state index contributed by atoms with van der Waals surface area (Å²) in [5.74, 6) is 1.88. The van der Waals surface area contributed by atoms with Crippen LogP contribution in [0.15, 0.2) is 18.3 Å². The first-order valence-electron chi connectivity index (χ1n) is 8.94. The standard InChI is InChI=1S/C19H28N2O3/c1-19(2,3)24-18(23)14-5-7-17(20-11-14)21-9-8-13-10-16(22)6-4-15(13)12-21/h5,7,11,13,15-16,22H,4,6,8-10,12H2,1-3H3. The van der Waals surface area contributed by atoms with Crippen molar-refractivity contribution in [2.75, 3.05) is 18.0 Å². The number of hydrogen-bond donors (Lipinski definition) is 1. The highest BCUT2D eigenvalue weighted by molar-refractivity contribution is 5.89. The molecule has 3 unspecified atom stereocenters. The zero-order valence-corrected chi connectivity index (χ0v) is 14.9. The van der Waals surface area contributed by atoms with Crippen molar-refractivity contribution in [2.24, 2.45) is 11.8 Å². The minimum atomic E-state index is -0.497. The number of pyridine rings is 1. The predicted octanol–water partition coefficient (Wildman–Crippen LogP) is 3.02. The van der Waals surface area contributed by atoms with Gasteiger partial charge < -0.3 is 14.7 Å². The molecule has 2 aliphatic rings. The molecule has 2 fully saturated rings. The topological polar surface area (TPSA) is 62.7 Å². The molecule has 0 aromatic carbocycles. The van der Waals surface area contributed by atoms with Crippen LogP contribution in [-0.4, -0.2) is 40.9 Å². The second-order valence-electron chi connectivity index (χ2n) is 8.13. The molecule has 3 rings (SSSR count). The number of aliphatic hydroxyl groups is 1. The quantitative estimate of drug-likeness (QED) is 0.844. The summed E-state index contributed by atoms with van der Waals surface area (Å²) in [7, 11) is 0. The minimum absolute atomic E-state index is 0.107. The first kappa shape index (κ1) is 17.2. The maximum atomic E-state index is 12.1. The summed E-state index contributed by atoms with van der Waals surface area (Å²) in [6.45, 7) is 7.54. The number of esters is 1. The van der Waals surface area contributed by atoms with Crippen LogP contribution in [0.25, 0.3) is 0 Å². The van der Waals surface area contributed by atoms with Gasteiger partial charge >= 0.3 is 5.97 Å². The van der Waals surface area contributed by atoms with Gasteiger partial charge in [-0.1, -0.05) is 0 Å². The molecule has 0 bridgehead atoms. The van der Waals surface area contributed by atoms with Crippen LogP contribution in [0.4, 0.5) is 5.82 Å². The molecule has 24 heavy (non-hydrogen) atoms. The lowest BCUT2D eigenvalue weighted by atomic mass is 9.74. The third kappa shape index (κ3) is 4.07. The molecular formula is C19H28N2O3. The normalized spacial score (nSPS) is 27.5. The number of fused-ring (bicyclic) bond motifs is 1. The van der Waals surface area contributed by atoms with Crippen molar-refractivity contribution in [3.8, 4) is 0 Å². The van der Waals surface area contributed by atoms with E-state index in [0.717, 1.165) is 44.6 Å². The molecule has 5 heteroatoms. The summed E-state index contributed by atoms with van der Waals surface area (Å²) in [4.78, 5) is 18.9. The maximum absolute atomic E-state index is 12.1. The van der Waals surface area contributed by atoms with Gasteiger partial charge in [-0.25, -0.2) is 9.78 Å². The number of carbonyl (C=O) groups is 1. The molecule has 0 spiro atoms. The van der Waals surface area contributed by atoms with Gasteiger partial charge in [0.15, 0.2) is 0 Å². The molecule has 3 atom stereocenters. The van der Waals surface area contributed by atoms with Gasteiger partial charge in [0.05, 0.1) is 11.7 Å². The lowest BCUT2D eigenvalue weighted by Gasteiger charge is -2.43. The largest absolute Gasteiger partial charge is 0.456 e. The Labute approximate surface area is 144 Å². The van der Waals surface area contributed by atoms with Crippen LogP contribution in [0.5, 0.6) is 0 Å².